The zero-order valence-electron chi connectivity index (χ0n) is 9.95. The monoisotopic (exact) mass is 249 g/mol. The average molecular weight is 249 g/mol. The van der Waals surface area contributed by atoms with Gasteiger partial charge in [0.05, 0.1) is 5.56 Å². The number of hydrogen-bond acceptors (Lipinski definition) is 3. The molecule has 0 aliphatic carbocycles. The van der Waals surface area contributed by atoms with E-state index in [-0.39, 0.29) is 0 Å². The van der Waals surface area contributed by atoms with Crippen LogP contribution in [0.4, 0.5) is 0 Å². The maximum atomic E-state index is 6.01. The second kappa shape index (κ2) is 3.00. The van der Waals surface area contributed by atoms with Crippen LogP contribution < -0.4 is 4.57 Å². The third-order valence-electron chi connectivity index (χ3n) is 3.61. The number of rotatable bonds is 0. The predicted octanol–water partition coefficient (Wildman–Crippen LogP) is 1.79. The van der Waals surface area contributed by atoms with Crippen molar-refractivity contribution in [2.75, 3.05) is 0 Å². The van der Waals surface area contributed by atoms with Crippen LogP contribution in [0, 0.1) is 0 Å². The Hall–Kier alpha value is -2.69. The highest BCUT2D eigenvalue weighted by Crippen LogP contribution is 2.30. The Balaban J connectivity index is 1.93. The van der Waals surface area contributed by atoms with Crippen molar-refractivity contribution in [1.29, 1.82) is 0 Å². The van der Waals surface area contributed by atoms with E-state index < -0.39 is 0 Å². The molecule has 5 nitrogen and oxygen atoms in total. The number of nitrogens with zero attached hydrogens (tertiary/aromatic N) is 4. The molecule has 0 saturated heterocycles. The molecule has 0 atom stereocenters. The summed E-state index contributed by atoms with van der Waals surface area (Å²) < 4.78 is 10.00. The topological polar surface area (TPSA) is 47.2 Å². The fourth-order valence-electron chi connectivity index (χ4n) is 2.75. The van der Waals surface area contributed by atoms with E-state index in [1.54, 1.807) is 6.20 Å². The van der Waals surface area contributed by atoms with Crippen molar-refractivity contribution in [1.82, 2.24) is 14.4 Å². The first-order valence-electron chi connectivity index (χ1n) is 6.15. The molecule has 1 aliphatic heterocycles. The van der Waals surface area contributed by atoms with Gasteiger partial charge in [-0.25, -0.2) is 4.40 Å². The summed E-state index contributed by atoms with van der Waals surface area (Å²) in [6.07, 6.45) is 3.66. The highest BCUT2D eigenvalue weighted by Gasteiger charge is 2.34. The van der Waals surface area contributed by atoms with Gasteiger partial charge in [0.15, 0.2) is 0 Å². The molecule has 0 fully saturated rings. The zero-order valence-corrected chi connectivity index (χ0v) is 9.95. The maximum absolute atomic E-state index is 6.01. The van der Waals surface area contributed by atoms with E-state index in [4.69, 9.17) is 4.42 Å². The molecule has 90 valence electrons. The van der Waals surface area contributed by atoms with Gasteiger partial charge in [-0.05, 0) is 12.1 Å². The van der Waals surface area contributed by atoms with Crippen molar-refractivity contribution in [3.63, 3.8) is 0 Å². The van der Waals surface area contributed by atoms with E-state index in [0.717, 1.165) is 29.4 Å². The molecule has 4 heterocycles. The second-order valence-corrected chi connectivity index (χ2v) is 4.68. The molecule has 0 amide bonds. The minimum Gasteiger partial charge on any atom is -0.396 e. The average Bonchev–Trinajstić information content (AvgIpc) is 3.07. The number of oxazole rings is 1. The summed E-state index contributed by atoms with van der Waals surface area (Å²) in [7, 11) is 0. The van der Waals surface area contributed by atoms with E-state index in [9.17, 15) is 0 Å². The second-order valence-electron chi connectivity index (χ2n) is 4.68. The van der Waals surface area contributed by atoms with Crippen LogP contribution in [-0.2, 0) is 6.54 Å². The van der Waals surface area contributed by atoms with E-state index in [0.29, 0.717) is 5.78 Å². The van der Waals surface area contributed by atoms with E-state index in [2.05, 4.69) is 26.7 Å². The van der Waals surface area contributed by atoms with Crippen LogP contribution in [0.3, 0.4) is 0 Å². The molecule has 0 saturated carbocycles. The largest absolute Gasteiger partial charge is 0.396 e. The Labute approximate surface area is 107 Å². The molecular weight excluding hydrogens is 240 g/mol. The quantitative estimate of drug-likeness (QED) is 0.393. The Morgan fingerprint density at radius 1 is 1.21 bits per heavy atom. The Morgan fingerprint density at radius 2 is 2.16 bits per heavy atom. The molecule has 5 rings (SSSR count). The summed E-state index contributed by atoms with van der Waals surface area (Å²) in [6.45, 7) is 0.808. The summed E-state index contributed by atoms with van der Waals surface area (Å²) in [5.41, 5.74) is 4.03. The molecule has 4 aromatic rings. The van der Waals surface area contributed by atoms with E-state index in [1.807, 2.05) is 28.8 Å². The van der Waals surface area contributed by atoms with Gasteiger partial charge in [-0.1, -0.05) is 18.2 Å². The lowest BCUT2D eigenvalue weighted by atomic mass is 10.1. The van der Waals surface area contributed by atoms with Gasteiger partial charge in [0, 0.05) is 22.9 Å². The molecule has 0 N–H and O–H groups in total. The number of imidazole rings is 1. The molecule has 0 bridgehead atoms. The van der Waals surface area contributed by atoms with Crippen LogP contribution in [-0.4, -0.2) is 14.4 Å². The maximum Gasteiger partial charge on any atom is 0.392 e. The fraction of sp³-hybridized carbons (Fsp3) is 0.0714. The fourth-order valence-corrected chi connectivity index (χ4v) is 2.75. The zero-order chi connectivity index (χ0) is 12.4. The van der Waals surface area contributed by atoms with Crippen LogP contribution in [0.5, 0.6) is 0 Å². The van der Waals surface area contributed by atoms with Crippen molar-refractivity contribution < 1.29 is 8.98 Å². The lowest BCUT2D eigenvalue weighted by molar-refractivity contribution is -0.651. The molecular formula is C14H9N4O+. The van der Waals surface area contributed by atoms with Gasteiger partial charge in [0.25, 0.3) is 5.89 Å². The van der Waals surface area contributed by atoms with Gasteiger partial charge in [-0.3, -0.25) is 0 Å². The SMILES string of the molecule is c1ccc2c(c1)C[n+]1c-2oc2c1nc1ncccn12. The molecule has 0 unspecified atom stereocenters. The molecule has 1 aliphatic rings. The van der Waals surface area contributed by atoms with Gasteiger partial charge < -0.3 is 4.42 Å². The molecule has 5 heteroatoms. The van der Waals surface area contributed by atoms with Crippen molar-refractivity contribution >= 4 is 17.1 Å². The Kier molecular flexibility index (Phi) is 1.46. The molecule has 0 spiro atoms. The number of hydrogen-bond donors (Lipinski definition) is 0. The molecule has 3 aromatic heterocycles. The summed E-state index contributed by atoms with van der Waals surface area (Å²) in [6, 6.07) is 10.2. The normalized spacial score (nSPS) is 13.1. The van der Waals surface area contributed by atoms with E-state index >= 15 is 0 Å². The minimum absolute atomic E-state index is 0.669. The van der Waals surface area contributed by atoms with Crippen molar-refractivity contribution in [2.45, 2.75) is 6.54 Å². The van der Waals surface area contributed by atoms with E-state index in [1.165, 1.54) is 5.56 Å². The summed E-state index contributed by atoms with van der Waals surface area (Å²) in [5.74, 6) is 1.55. The highest BCUT2D eigenvalue weighted by atomic mass is 16.4. The highest BCUT2D eigenvalue weighted by molar-refractivity contribution is 5.71. The summed E-state index contributed by atoms with van der Waals surface area (Å²) >= 11 is 0. The summed E-state index contributed by atoms with van der Waals surface area (Å²) in [5, 5.41) is 0. The third kappa shape index (κ3) is 1.03. The van der Waals surface area contributed by atoms with Crippen LogP contribution in [0.2, 0.25) is 0 Å². The van der Waals surface area contributed by atoms with Gasteiger partial charge in [-0.15, -0.1) is 0 Å². The number of fused-ring (bicyclic) bond motifs is 7. The lowest BCUT2D eigenvalue weighted by Crippen LogP contribution is -2.30. The molecule has 1 aromatic carbocycles. The third-order valence-corrected chi connectivity index (χ3v) is 3.61. The minimum atomic E-state index is 0.669. The Morgan fingerprint density at radius 3 is 3.16 bits per heavy atom. The van der Waals surface area contributed by atoms with Gasteiger partial charge in [-0.2, -0.15) is 9.55 Å². The first kappa shape index (κ1) is 9.27. The van der Waals surface area contributed by atoms with Crippen LogP contribution in [0.15, 0.2) is 47.1 Å². The first-order chi connectivity index (χ1) is 9.42. The predicted molar refractivity (Wildman–Crippen MR) is 67.5 cm³/mol. The van der Waals surface area contributed by atoms with Crippen molar-refractivity contribution in [3.05, 3.63) is 48.3 Å². The van der Waals surface area contributed by atoms with Gasteiger partial charge >= 0.3 is 17.1 Å². The smallest absolute Gasteiger partial charge is 0.392 e. The first-order valence-corrected chi connectivity index (χ1v) is 6.15. The van der Waals surface area contributed by atoms with Crippen molar-refractivity contribution in [2.24, 2.45) is 0 Å². The van der Waals surface area contributed by atoms with Gasteiger partial charge in [0.2, 0.25) is 0 Å². The lowest BCUT2D eigenvalue weighted by Gasteiger charge is -1.91. The van der Waals surface area contributed by atoms with Crippen LogP contribution in [0.1, 0.15) is 5.56 Å². The van der Waals surface area contributed by atoms with Gasteiger partial charge in [0.1, 0.15) is 6.54 Å². The molecule has 0 radical (unpaired) electrons. The Bertz CT molecular complexity index is 951. The van der Waals surface area contributed by atoms with Crippen LogP contribution >= 0.6 is 0 Å². The van der Waals surface area contributed by atoms with Crippen molar-refractivity contribution in [3.8, 4) is 11.5 Å². The number of aromatic nitrogens is 4. The molecule has 19 heavy (non-hydrogen) atoms. The van der Waals surface area contributed by atoms with Crippen LogP contribution in [0.25, 0.3) is 28.6 Å². The standard InChI is InChI=1S/C14H9N4O/c1-2-5-10-9(4-1)8-18-11-13(19-12(10)18)17-7-3-6-15-14(17)16-11/h1-7H,8H2/q+1. The number of benzene rings is 1. The summed E-state index contributed by atoms with van der Waals surface area (Å²) in [4.78, 5) is 8.79.